The number of sulfonamides is 1. The summed E-state index contributed by atoms with van der Waals surface area (Å²) in [4.78, 5) is 29.1. The molecule has 1 aliphatic carbocycles. The van der Waals surface area contributed by atoms with Crippen LogP contribution < -0.4 is 4.72 Å². The lowest BCUT2D eigenvalue weighted by atomic mass is 9.81. The molecule has 13 heteroatoms. The van der Waals surface area contributed by atoms with Gasteiger partial charge < -0.3 is 9.47 Å². The molecular formula is C33H41N5O6S2. The van der Waals surface area contributed by atoms with Gasteiger partial charge >= 0.3 is 10.2 Å². The van der Waals surface area contributed by atoms with Gasteiger partial charge in [-0.2, -0.15) is 17.0 Å². The maximum absolute atomic E-state index is 14.1. The van der Waals surface area contributed by atoms with Crippen molar-refractivity contribution in [2.75, 3.05) is 46.0 Å². The molecule has 0 bridgehead atoms. The molecule has 1 N–H and O–H groups in total. The topological polar surface area (TPSA) is 129 Å². The molecule has 3 aliphatic rings. The highest BCUT2D eigenvalue weighted by molar-refractivity contribution is 7.89. The molecular weight excluding hydrogens is 627 g/mol. The first-order chi connectivity index (χ1) is 21.9. The normalized spacial score (nSPS) is 18.2. The molecule has 3 aromatic rings. The van der Waals surface area contributed by atoms with Crippen molar-refractivity contribution in [1.29, 1.82) is 0 Å². The minimum atomic E-state index is -3.99. The first-order valence-electron chi connectivity index (χ1n) is 15.9. The van der Waals surface area contributed by atoms with Crippen LogP contribution >= 0.6 is 0 Å². The Morgan fingerprint density at radius 3 is 2.30 bits per heavy atom. The number of carbonyl (C=O) groups is 2. The van der Waals surface area contributed by atoms with Gasteiger partial charge in [-0.3, -0.25) is 9.59 Å². The third-order valence-electron chi connectivity index (χ3n) is 9.51. The molecule has 246 valence electrons. The number of hydrogen-bond donors (Lipinski definition) is 1. The fourth-order valence-corrected chi connectivity index (χ4v) is 8.59. The average Bonchev–Trinajstić information content (AvgIpc) is 3.26. The minimum absolute atomic E-state index is 0.0246. The molecule has 1 saturated carbocycles. The summed E-state index contributed by atoms with van der Waals surface area (Å²) in [6, 6.07) is 13.4. The zero-order chi connectivity index (χ0) is 32.8. The van der Waals surface area contributed by atoms with Gasteiger partial charge in [-0.05, 0) is 55.0 Å². The molecule has 3 heterocycles. The predicted octanol–water partition coefficient (Wildman–Crippen LogP) is 3.78. The molecule has 0 unspecified atom stereocenters. The molecule has 0 atom stereocenters. The largest absolute Gasteiger partial charge is 0.336 e. The standard InChI is InChI=1S/C33H41N5O6S2/c1-4-45(41,42)37-18-16-36(17-19-37)33(40)26-20-24-12-8-9-13-27(24)31-30(23-10-6-5-7-11-23)28-15-14-25(21-29(28)38(31)22-26)32(39)34-46(43,44)35(2)3/h8-9,12-15,20-21,23H,4-7,10-11,16-19,22H2,1-3H3,(H,34,39). The lowest BCUT2D eigenvalue weighted by molar-refractivity contribution is -0.128. The van der Waals surface area contributed by atoms with E-state index in [4.69, 9.17) is 0 Å². The predicted molar refractivity (Wildman–Crippen MR) is 179 cm³/mol. The SMILES string of the molecule is CCS(=O)(=O)N1CCN(C(=O)C2=Cc3ccccc3-c3c(C4CCCCC4)c4ccc(C(=O)NS(=O)(=O)N(C)C)cc4n3C2)CC1. The van der Waals surface area contributed by atoms with Crippen LogP contribution in [0.3, 0.4) is 0 Å². The van der Waals surface area contributed by atoms with E-state index >= 15 is 0 Å². The molecule has 46 heavy (non-hydrogen) atoms. The number of carbonyl (C=O) groups excluding carboxylic acids is 2. The number of piperazine rings is 1. The van der Waals surface area contributed by atoms with Crippen molar-refractivity contribution in [2.24, 2.45) is 0 Å². The highest BCUT2D eigenvalue weighted by Crippen LogP contribution is 2.46. The summed E-state index contributed by atoms with van der Waals surface area (Å²) in [5, 5.41) is 0.996. The molecule has 6 rings (SSSR count). The lowest BCUT2D eigenvalue weighted by Crippen LogP contribution is -2.51. The van der Waals surface area contributed by atoms with Crippen molar-refractivity contribution >= 4 is 49.0 Å². The quantitative estimate of drug-likeness (QED) is 0.409. The van der Waals surface area contributed by atoms with Gasteiger partial charge in [0.15, 0.2) is 0 Å². The van der Waals surface area contributed by atoms with Crippen LogP contribution in [0.2, 0.25) is 0 Å². The zero-order valence-electron chi connectivity index (χ0n) is 26.5. The van der Waals surface area contributed by atoms with E-state index in [2.05, 4.69) is 15.4 Å². The first-order valence-corrected chi connectivity index (χ1v) is 18.9. The third-order valence-corrected chi connectivity index (χ3v) is 12.8. The van der Waals surface area contributed by atoms with Gasteiger partial charge in [0.05, 0.1) is 18.0 Å². The van der Waals surface area contributed by atoms with Crippen molar-refractivity contribution in [3.63, 3.8) is 0 Å². The molecule has 2 amide bonds. The Morgan fingerprint density at radius 1 is 0.935 bits per heavy atom. The van der Waals surface area contributed by atoms with Crippen LogP contribution in [-0.4, -0.2) is 92.8 Å². The van der Waals surface area contributed by atoms with E-state index in [1.165, 1.54) is 30.4 Å². The summed E-state index contributed by atoms with van der Waals surface area (Å²) >= 11 is 0. The molecule has 0 spiro atoms. The molecule has 0 radical (unpaired) electrons. The summed E-state index contributed by atoms with van der Waals surface area (Å²) in [5.74, 6) is -0.550. The summed E-state index contributed by atoms with van der Waals surface area (Å²) in [6.07, 6.45) is 7.48. The first kappa shape index (κ1) is 32.4. The van der Waals surface area contributed by atoms with E-state index in [-0.39, 0.29) is 36.9 Å². The summed E-state index contributed by atoms with van der Waals surface area (Å²) in [7, 11) is -4.62. The Hall–Kier alpha value is -3.52. The Kier molecular flexibility index (Phi) is 8.87. The molecule has 2 aromatic carbocycles. The highest BCUT2D eigenvalue weighted by atomic mass is 32.2. The van der Waals surface area contributed by atoms with Crippen LogP contribution in [0.1, 0.15) is 66.4 Å². The molecule has 1 aromatic heterocycles. The fourth-order valence-electron chi connectivity index (χ4n) is 6.97. The number of benzene rings is 2. The van der Waals surface area contributed by atoms with E-state index < -0.39 is 26.1 Å². The van der Waals surface area contributed by atoms with E-state index in [1.54, 1.807) is 24.0 Å². The lowest BCUT2D eigenvalue weighted by Gasteiger charge is -2.34. The third kappa shape index (κ3) is 6.01. The monoisotopic (exact) mass is 667 g/mol. The highest BCUT2D eigenvalue weighted by Gasteiger charge is 2.33. The van der Waals surface area contributed by atoms with Gasteiger partial charge in [-0.15, -0.1) is 0 Å². The smallest absolute Gasteiger partial charge is 0.303 e. The Morgan fingerprint density at radius 2 is 1.63 bits per heavy atom. The zero-order valence-corrected chi connectivity index (χ0v) is 28.2. The van der Waals surface area contributed by atoms with Crippen LogP contribution in [0.15, 0.2) is 48.0 Å². The van der Waals surface area contributed by atoms with Crippen molar-refractivity contribution < 1.29 is 26.4 Å². The fraction of sp³-hybridized carbons (Fsp3) is 0.455. The van der Waals surface area contributed by atoms with E-state index in [9.17, 15) is 26.4 Å². The maximum Gasteiger partial charge on any atom is 0.303 e. The number of amides is 2. The van der Waals surface area contributed by atoms with Crippen LogP contribution in [0, 0.1) is 0 Å². The van der Waals surface area contributed by atoms with Crippen molar-refractivity contribution in [3.05, 3.63) is 64.7 Å². The van der Waals surface area contributed by atoms with E-state index in [0.717, 1.165) is 57.7 Å². The van der Waals surface area contributed by atoms with Crippen molar-refractivity contribution in [1.82, 2.24) is 22.8 Å². The average molecular weight is 668 g/mol. The van der Waals surface area contributed by atoms with E-state index in [0.29, 0.717) is 24.6 Å². The molecule has 2 aliphatic heterocycles. The Balaban J connectivity index is 1.46. The summed E-state index contributed by atoms with van der Waals surface area (Å²) < 4.78 is 56.5. The van der Waals surface area contributed by atoms with Crippen molar-refractivity contribution in [3.8, 4) is 11.3 Å². The maximum atomic E-state index is 14.1. The number of rotatable bonds is 7. The molecule has 1 saturated heterocycles. The van der Waals surface area contributed by atoms with Crippen LogP contribution in [0.25, 0.3) is 28.2 Å². The van der Waals surface area contributed by atoms with Crippen LogP contribution in [-0.2, 0) is 31.6 Å². The van der Waals surface area contributed by atoms with Gasteiger partial charge in [-0.1, -0.05) is 49.6 Å². The summed E-state index contributed by atoms with van der Waals surface area (Å²) in [6.45, 7) is 2.98. The number of aromatic nitrogens is 1. The number of hydrogen-bond acceptors (Lipinski definition) is 6. The van der Waals surface area contributed by atoms with Gasteiger partial charge in [0.25, 0.3) is 11.8 Å². The second-order valence-corrected chi connectivity index (χ2v) is 16.6. The van der Waals surface area contributed by atoms with Crippen molar-refractivity contribution in [2.45, 2.75) is 51.5 Å². The molecule has 2 fully saturated rings. The Bertz CT molecular complexity index is 1930. The van der Waals surface area contributed by atoms with E-state index in [1.807, 2.05) is 30.3 Å². The van der Waals surface area contributed by atoms with Crippen LogP contribution in [0.5, 0.6) is 0 Å². The minimum Gasteiger partial charge on any atom is -0.336 e. The number of nitrogens with one attached hydrogen (secondary N) is 1. The number of nitrogens with zero attached hydrogens (tertiary/aromatic N) is 4. The summed E-state index contributed by atoms with van der Waals surface area (Å²) in [5.41, 5.74) is 5.68. The van der Waals surface area contributed by atoms with Gasteiger partial charge in [0.2, 0.25) is 10.0 Å². The van der Waals surface area contributed by atoms with Crippen LogP contribution in [0.4, 0.5) is 0 Å². The second-order valence-electron chi connectivity index (χ2n) is 12.5. The number of fused-ring (bicyclic) bond motifs is 5. The van der Waals surface area contributed by atoms with Gasteiger partial charge in [0.1, 0.15) is 0 Å². The van der Waals surface area contributed by atoms with Gasteiger partial charge in [-0.25, -0.2) is 13.1 Å². The van der Waals surface area contributed by atoms with Gasteiger partial charge in [0, 0.05) is 67.9 Å². The Labute approximate surface area is 271 Å². The second kappa shape index (κ2) is 12.6. The molecule has 11 nitrogen and oxygen atoms in total.